The summed E-state index contributed by atoms with van der Waals surface area (Å²) in [5, 5.41) is 19.8. The largest absolute Gasteiger partial charge is 0.374 e. The molecule has 72 valence electrons. The molecule has 6 rings (SSSR count). The number of piperidine rings is 2. The Labute approximate surface area is 81.1 Å². The van der Waals surface area contributed by atoms with Crippen molar-refractivity contribution in [3.63, 3.8) is 0 Å². The number of aliphatic hydroxyl groups is 1. The van der Waals surface area contributed by atoms with Gasteiger partial charge in [0.2, 0.25) is 0 Å². The number of nitriles is 1. The molecule has 0 amide bonds. The molecule has 1 aliphatic carbocycles. The first-order valence-corrected chi connectivity index (χ1v) is 5.24. The fourth-order valence-electron chi connectivity index (χ4n) is 5.34. The molecule has 0 aromatic heterocycles. The second-order valence-corrected chi connectivity index (χ2v) is 5.51. The van der Waals surface area contributed by atoms with Crippen LogP contribution in [0.2, 0.25) is 0 Å². The van der Waals surface area contributed by atoms with Crippen LogP contribution in [0.4, 0.5) is 0 Å². The molecule has 6 aliphatic rings. The first kappa shape index (κ1) is 6.78. The SMILES string of the molecule is C[C@]1(O)N2[C@@H]3C4OC5[C@@H]3C1(C#N)[C@@H]5[C@H]42. The smallest absolute Gasteiger partial charge is 0.135 e. The molecule has 6 fully saturated rings. The Morgan fingerprint density at radius 2 is 2.00 bits per heavy atom. The Bertz CT molecular complexity index is 406. The molecule has 4 bridgehead atoms. The van der Waals surface area contributed by atoms with Gasteiger partial charge in [0.05, 0.1) is 18.3 Å². The lowest BCUT2D eigenvalue weighted by Gasteiger charge is -2.58. The average Bonchev–Trinajstić information content (AvgIpc) is 2.60. The summed E-state index contributed by atoms with van der Waals surface area (Å²) < 4.78 is 5.81. The van der Waals surface area contributed by atoms with Crippen LogP contribution in [-0.4, -0.2) is 40.0 Å². The second kappa shape index (κ2) is 1.35. The normalized spacial score (nSPS) is 80.1. The van der Waals surface area contributed by atoms with E-state index in [1.807, 2.05) is 6.92 Å². The quantitative estimate of drug-likeness (QED) is 0.548. The first-order valence-electron chi connectivity index (χ1n) is 5.24. The number of nitrogens with zero attached hydrogens (tertiary/aromatic N) is 2. The third-order valence-electron chi connectivity index (χ3n) is 5.60. The molecular formula is C10H10N2O2. The van der Waals surface area contributed by atoms with E-state index in [-0.39, 0.29) is 0 Å². The molecule has 0 spiro atoms. The van der Waals surface area contributed by atoms with Crippen LogP contribution in [0.3, 0.4) is 0 Å². The van der Waals surface area contributed by atoms with Crippen molar-refractivity contribution < 1.29 is 9.84 Å². The minimum absolute atomic E-state index is 0.292. The summed E-state index contributed by atoms with van der Waals surface area (Å²) >= 11 is 0. The number of hydrogen-bond donors (Lipinski definition) is 1. The highest BCUT2D eigenvalue weighted by atomic mass is 16.5. The zero-order chi connectivity index (χ0) is 9.46. The topological polar surface area (TPSA) is 56.5 Å². The van der Waals surface area contributed by atoms with E-state index in [1.54, 1.807) is 0 Å². The molecule has 1 saturated carbocycles. The lowest BCUT2D eigenvalue weighted by atomic mass is 9.44. The monoisotopic (exact) mass is 190 g/mol. The van der Waals surface area contributed by atoms with Gasteiger partial charge in [-0.05, 0) is 6.92 Å². The summed E-state index contributed by atoms with van der Waals surface area (Å²) in [6.07, 6.45) is 0.630. The summed E-state index contributed by atoms with van der Waals surface area (Å²) in [4.78, 5) is 2.14. The van der Waals surface area contributed by atoms with Crippen LogP contribution in [0.25, 0.3) is 0 Å². The Balaban J connectivity index is 1.87. The predicted octanol–water partition coefficient (Wildman–Crippen LogP) is -0.702. The summed E-state index contributed by atoms with van der Waals surface area (Å²) in [5.74, 6) is 0.588. The third-order valence-corrected chi connectivity index (χ3v) is 5.60. The lowest BCUT2D eigenvalue weighted by molar-refractivity contribution is -0.181. The van der Waals surface area contributed by atoms with Gasteiger partial charge in [0.25, 0.3) is 0 Å². The van der Waals surface area contributed by atoms with E-state index >= 15 is 0 Å². The van der Waals surface area contributed by atoms with E-state index in [0.717, 1.165) is 0 Å². The van der Waals surface area contributed by atoms with Crippen LogP contribution in [0.1, 0.15) is 6.92 Å². The van der Waals surface area contributed by atoms with Crippen molar-refractivity contribution >= 4 is 0 Å². The van der Waals surface area contributed by atoms with Gasteiger partial charge in [0, 0.05) is 23.9 Å². The highest BCUT2D eigenvalue weighted by Crippen LogP contribution is 2.83. The van der Waals surface area contributed by atoms with Gasteiger partial charge in [0.15, 0.2) is 0 Å². The molecule has 3 unspecified atom stereocenters. The molecule has 4 nitrogen and oxygen atoms in total. The fraction of sp³-hybridized carbons (Fsp3) is 0.900. The van der Waals surface area contributed by atoms with Gasteiger partial charge in [-0.1, -0.05) is 0 Å². The van der Waals surface area contributed by atoms with E-state index < -0.39 is 11.1 Å². The van der Waals surface area contributed by atoms with Crippen LogP contribution >= 0.6 is 0 Å². The lowest BCUT2D eigenvalue weighted by Crippen LogP contribution is -2.74. The zero-order valence-corrected chi connectivity index (χ0v) is 7.71. The minimum Gasteiger partial charge on any atom is -0.374 e. The van der Waals surface area contributed by atoms with Crippen LogP contribution in [0.5, 0.6) is 0 Å². The highest BCUT2D eigenvalue weighted by molar-refractivity contribution is 5.48. The minimum atomic E-state index is -0.886. The van der Waals surface area contributed by atoms with Gasteiger partial charge < -0.3 is 9.84 Å². The average molecular weight is 190 g/mol. The van der Waals surface area contributed by atoms with Gasteiger partial charge in [-0.2, -0.15) is 5.26 Å². The summed E-state index contributed by atoms with van der Waals surface area (Å²) in [6, 6.07) is 3.11. The van der Waals surface area contributed by atoms with Crippen molar-refractivity contribution in [1.82, 2.24) is 4.90 Å². The van der Waals surface area contributed by atoms with Gasteiger partial charge >= 0.3 is 0 Å². The van der Waals surface area contributed by atoms with Gasteiger partial charge in [-0.3, -0.25) is 4.90 Å². The third kappa shape index (κ3) is 0.286. The van der Waals surface area contributed by atoms with Gasteiger partial charge in [-0.25, -0.2) is 0 Å². The Morgan fingerprint density at radius 3 is 2.57 bits per heavy atom. The van der Waals surface area contributed by atoms with Crippen molar-refractivity contribution in [1.29, 1.82) is 5.26 Å². The van der Waals surface area contributed by atoms with E-state index in [4.69, 9.17) is 4.74 Å². The predicted molar refractivity (Wildman–Crippen MR) is 43.7 cm³/mol. The van der Waals surface area contributed by atoms with Crippen LogP contribution in [0, 0.1) is 28.6 Å². The Kier molecular flexibility index (Phi) is 0.656. The standard InChI is InChI=1S/C10H10N2O2/c1-9(13)10(2-11)3-5-8-6(12(5)9)4(10)7(3)14-8/h3-8,13H,1H3/t3-,4-,5-,6+,7?,8?,9-,10?/m1/s1. The summed E-state index contributed by atoms with van der Waals surface area (Å²) in [6.45, 7) is 1.81. The molecule has 0 radical (unpaired) electrons. The van der Waals surface area contributed by atoms with Crippen LogP contribution < -0.4 is 0 Å². The maximum atomic E-state index is 10.4. The van der Waals surface area contributed by atoms with E-state index in [2.05, 4.69) is 11.0 Å². The molecule has 14 heavy (non-hydrogen) atoms. The first-order chi connectivity index (χ1) is 6.66. The van der Waals surface area contributed by atoms with E-state index in [9.17, 15) is 10.4 Å². The van der Waals surface area contributed by atoms with Crippen molar-refractivity contribution in [3.8, 4) is 6.07 Å². The van der Waals surface area contributed by atoms with E-state index in [1.165, 1.54) is 0 Å². The molecule has 8 atom stereocenters. The van der Waals surface area contributed by atoms with Crippen molar-refractivity contribution in [3.05, 3.63) is 0 Å². The van der Waals surface area contributed by atoms with Crippen LogP contribution in [0.15, 0.2) is 0 Å². The molecule has 0 aromatic rings. The molecule has 5 saturated heterocycles. The van der Waals surface area contributed by atoms with Gasteiger partial charge in [-0.15, -0.1) is 0 Å². The molecule has 1 N–H and O–H groups in total. The van der Waals surface area contributed by atoms with Crippen molar-refractivity contribution in [2.24, 2.45) is 17.3 Å². The molecule has 5 heterocycles. The van der Waals surface area contributed by atoms with E-state index in [0.29, 0.717) is 36.1 Å². The van der Waals surface area contributed by atoms with Gasteiger partial charge in [0.1, 0.15) is 11.1 Å². The second-order valence-electron chi connectivity index (χ2n) is 5.51. The number of ether oxygens (including phenoxy) is 1. The van der Waals surface area contributed by atoms with Crippen LogP contribution in [-0.2, 0) is 4.74 Å². The molecule has 0 aromatic carbocycles. The zero-order valence-electron chi connectivity index (χ0n) is 7.71. The number of hydrogen-bond acceptors (Lipinski definition) is 4. The maximum absolute atomic E-state index is 10.4. The Morgan fingerprint density at radius 1 is 1.36 bits per heavy atom. The maximum Gasteiger partial charge on any atom is 0.135 e. The fourth-order valence-corrected chi connectivity index (χ4v) is 5.34. The summed E-state index contributed by atoms with van der Waals surface area (Å²) in [5.41, 5.74) is -1.39. The summed E-state index contributed by atoms with van der Waals surface area (Å²) in [7, 11) is 0. The number of rotatable bonds is 0. The van der Waals surface area contributed by atoms with Crippen molar-refractivity contribution in [2.45, 2.75) is 36.9 Å². The highest BCUT2D eigenvalue weighted by Gasteiger charge is 2.97. The molecule has 5 aliphatic heterocycles. The molecule has 4 heteroatoms. The molecular weight excluding hydrogens is 180 g/mol. The van der Waals surface area contributed by atoms with Crippen molar-refractivity contribution in [2.75, 3.05) is 0 Å². The Hall–Kier alpha value is -0.630.